The zero-order valence-electron chi connectivity index (χ0n) is 13.4. The van der Waals surface area contributed by atoms with E-state index in [-0.39, 0.29) is 11.1 Å². The lowest BCUT2D eigenvalue weighted by atomic mass is 9.94. The van der Waals surface area contributed by atoms with Crippen LogP contribution in [0.5, 0.6) is 0 Å². The Morgan fingerprint density at radius 2 is 2.00 bits per heavy atom. The first-order valence-corrected chi connectivity index (χ1v) is 7.68. The fourth-order valence-electron chi connectivity index (χ4n) is 2.64. The van der Waals surface area contributed by atoms with Crippen molar-refractivity contribution in [3.8, 4) is 0 Å². The lowest BCUT2D eigenvalue weighted by Gasteiger charge is -2.18. The van der Waals surface area contributed by atoms with Crippen molar-refractivity contribution in [1.29, 1.82) is 0 Å². The highest BCUT2D eigenvalue weighted by Gasteiger charge is 2.45. The van der Waals surface area contributed by atoms with Crippen LogP contribution in [-0.4, -0.2) is 29.8 Å². The number of benzene rings is 1. The van der Waals surface area contributed by atoms with Gasteiger partial charge in [-0.15, -0.1) is 10.2 Å². The zero-order chi connectivity index (χ0) is 18.1. The van der Waals surface area contributed by atoms with Crippen molar-refractivity contribution in [3.63, 3.8) is 0 Å². The molecule has 2 aromatic rings. The Kier molecular flexibility index (Phi) is 4.36. The molecule has 1 heterocycles. The summed E-state index contributed by atoms with van der Waals surface area (Å²) in [4.78, 5) is 11.3. The van der Waals surface area contributed by atoms with Gasteiger partial charge in [-0.3, -0.25) is 0 Å². The summed E-state index contributed by atoms with van der Waals surface area (Å²) < 4.78 is 43.2. The molecule has 0 bridgehead atoms. The molecule has 1 aliphatic rings. The molecule has 1 N–H and O–H groups in total. The highest BCUT2D eigenvalue weighted by molar-refractivity contribution is 5.86. The lowest BCUT2D eigenvalue weighted by molar-refractivity contribution is -0.137. The summed E-state index contributed by atoms with van der Waals surface area (Å²) in [7, 11) is 1.25. The Morgan fingerprint density at radius 1 is 1.24 bits per heavy atom. The first-order valence-electron chi connectivity index (χ1n) is 7.68. The Morgan fingerprint density at radius 3 is 2.56 bits per heavy atom. The molecule has 1 aromatic heterocycles. The number of anilines is 1. The van der Waals surface area contributed by atoms with E-state index in [9.17, 15) is 18.0 Å². The number of carbonyl (C=O) groups is 1. The number of aromatic nitrogens is 2. The van der Waals surface area contributed by atoms with Gasteiger partial charge in [0.05, 0.1) is 12.7 Å². The van der Waals surface area contributed by atoms with E-state index >= 15 is 0 Å². The van der Waals surface area contributed by atoms with Gasteiger partial charge in [0.1, 0.15) is 5.82 Å². The van der Waals surface area contributed by atoms with Crippen LogP contribution in [0.3, 0.4) is 0 Å². The van der Waals surface area contributed by atoms with Crippen molar-refractivity contribution in [2.24, 2.45) is 0 Å². The predicted octanol–water partition coefficient (Wildman–Crippen LogP) is 3.43. The summed E-state index contributed by atoms with van der Waals surface area (Å²) in [5.41, 5.74) is -0.219. The smallest absolute Gasteiger partial charge is 0.416 e. The number of alkyl halides is 3. The van der Waals surface area contributed by atoms with Gasteiger partial charge in [0, 0.05) is 12.0 Å². The molecule has 0 saturated heterocycles. The second-order valence-electron chi connectivity index (χ2n) is 6.01. The van der Waals surface area contributed by atoms with Gasteiger partial charge in [0.25, 0.3) is 0 Å². The molecule has 1 aromatic carbocycles. The molecule has 25 heavy (non-hydrogen) atoms. The van der Waals surface area contributed by atoms with E-state index in [4.69, 9.17) is 0 Å². The van der Waals surface area contributed by atoms with Gasteiger partial charge in [-0.05, 0) is 36.6 Å². The number of nitrogens with one attached hydrogen (secondary N) is 1. The molecule has 1 saturated carbocycles. The number of hydrogen-bond acceptors (Lipinski definition) is 5. The third-order valence-electron chi connectivity index (χ3n) is 4.32. The SMILES string of the molecule is COC(=O)c1ccc(NCC2(c3cccc(C(F)(F)F)c3)CC2)nn1. The van der Waals surface area contributed by atoms with Crippen LogP contribution >= 0.6 is 0 Å². The van der Waals surface area contributed by atoms with Crippen molar-refractivity contribution in [1.82, 2.24) is 10.2 Å². The summed E-state index contributed by atoms with van der Waals surface area (Å²) in [5.74, 6) is -0.132. The minimum atomic E-state index is -4.35. The molecule has 0 amide bonds. The minimum Gasteiger partial charge on any atom is -0.464 e. The van der Waals surface area contributed by atoms with E-state index in [0.29, 0.717) is 17.9 Å². The molecule has 0 spiro atoms. The molecule has 0 unspecified atom stereocenters. The van der Waals surface area contributed by atoms with Crippen molar-refractivity contribution in [3.05, 3.63) is 53.2 Å². The summed E-state index contributed by atoms with van der Waals surface area (Å²) in [6, 6.07) is 8.50. The highest BCUT2D eigenvalue weighted by atomic mass is 19.4. The third kappa shape index (κ3) is 3.72. The normalized spacial score (nSPS) is 15.5. The van der Waals surface area contributed by atoms with Crippen LogP contribution < -0.4 is 5.32 Å². The molecule has 1 aliphatic carbocycles. The van der Waals surface area contributed by atoms with Crippen LogP contribution in [0.2, 0.25) is 0 Å². The van der Waals surface area contributed by atoms with Crippen LogP contribution in [0, 0.1) is 0 Å². The van der Waals surface area contributed by atoms with Gasteiger partial charge < -0.3 is 10.1 Å². The summed E-state index contributed by atoms with van der Waals surface area (Å²) in [5, 5.41) is 10.7. The van der Waals surface area contributed by atoms with E-state index in [2.05, 4.69) is 20.3 Å². The number of methoxy groups -OCH3 is 1. The Balaban J connectivity index is 1.70. The average Bonchev–Trinajstić information content (AvgIpc) is 3.40. The molecule has 0 atom stereocenters. The van der Waals surface area contributed by atoms with Gasteiger partial charge in [0.15, 0.2) is 5.69 Å². The first-order chi connectivity index (χ1) is 11.8. The van der Waals surface area contributed by atoms with Crippen LogP contribution in [0.15, 0.2) is 36.4 Å². The van der Waals surface area contributed by atoms with Crippen molar-refractivity contribution < 1.29 is 22.7 Å². The van der Waals surface area contributed by atoms with Crippen molar-refractivity contribution in [2.45, 2.75) is 24.4 Å². The third-order valence-corrected chi connectivity index (χ3v) is 4.32. The summed E-state index contributed by atoms with van der Waals surface area (Å²) in [6.07, 6.45) is -2.75. The average molecular weight is 351 g/mol. The number of halogens is 3. The number of hydrogen-bond donors (Lipinski definition) is 1. The van der Waals surface area contributed by atoms with Crippen LogP contribution in [0.4, 0.5) is 19.0 Å². The van der Waals surface area contributed by atoms with Crippen LogP contribution in [0.25, 0.3) is 0 Å². The topological polar surface area (TPSA) is 64.1 Å². The summed E-state index contributed by atoms with van der Waals surface area (Å²) in [6.45, 7) is 0.445. The fourth-order valence-corrected chi connectivity index (χ4v) is 2.64. The molecule has 0 aliphatic heterocycles. The second kappa shape index (κ2) is 6.34. The number of carbonyl (C=O) groups excluding carboxylic acids is 1. The largest absolute Gasteiger partial charge is 0.464 e. The monoisotopic (exact) mass is 351 g/mol. The summed E-state index contributed by atoms with van der Waals surface area (Å²) >= 11 is 0. The molecule has 0 radical (unpaired) electrons. The second-order valence-corrected chi connectivity index (χ2v) is 6.01. The van der Waals surface area contributed by atoms with E-state index in [1.807, 2.05) is 0 Å². The lowest BCUT2D eigenvalue weighted by Crippen LogP contribution is -2.21. The van der Waals surface area contributed by atoms with E-state index in [1.165, 1.54) is 25.3 Å². The number of rotatable bonds is 5. The standard InChI is InChI=1S/C17H16F3N3O2/c1-25-15(24)13-5-6-14(23-22-13)21-10-16(7-8-16)11-3-2-4-12(9-11)17(18,19)20/h2-6,9H,7-8,10H2,1H3,(H,21,23). The van der Waals surface area contributed by atoms with Gasteiger partial charge in [-0.25, -0.2) is 4.79 Å². The van der Waals surface area contributed by atoms with Gasteiger partial charge in [-0.2, -0.15) is 13.2 Å². The molecule has 132 valence electrons. The number of ether oxygens (including phenoxy) is 1. The Labute approximate surface area is 142 Å². The molecular formula is C17H16F3N3O2. The highest BCUT2D eigenvalue weighted by Crippen LogP contribution is 2.49. The van der Waals surface area contributed by atoms with Gasteiger partial charge in [-0.1, -0.05) is 18.2 Å². The zero-order valence-corrected chi connectivity index (χ0v) is 13.4. The molecule has 8 heteroatoms. The number of nitrogens with zero attached hydrogens (tertiary/aromatic N) is 2. The van der Waals surface area contributed by atoms with E-state index in [1.54, 1.807) is 12.1 Å². The quantitative estimate of drug-likeness (QED) is 0.836. The predicted molar refractivity (Wildman–Crippen MR) is 84.2 cm³/mol. The van der Waals surface area contributed by atoms with Crippen molar-refractivity contribution >= 4 is 11.8 Å². The Hall–Kier alpha value is -2.64. The van der Waals surface area contributed by atoms with E-state index < -0.39 is 17.7 Å². The maximum atomic E-state index is 12.9. The molecule has 3 rings (SSSR count). The molecule has 1 fully saturated rings. The number of esters is 1. The maximum absolute atomic E-state index is 12.9. The molecule has 5 nitrogen and oxygen atoms in total. The van der Waals surface area contributed by atoms with Crippen molar-refractivity contribution in [2.75, 3.05) is 19.0 Å². The van der Waals surface area contributed by atoms with E-state index in [0.717, 1.165) is 18.9 Å². The van der Waals surface area contributed by atoms with Gasteiger partial charge >= 0.3 is 12.1 Å². The van der Waals surface area contributed by atoms with Crippen LogP contribution in [0.1, 0.15) is 34.5 Å². The van der Waals surface area contributed by atoms with Crippen LogP contribution in [-0.2, 0) is 16.3 Å². The Bertz CT molecular complexity index is 771. The van der Waals surface area contributed by atoms with Gasteiger partial charge in [0.2, 0.25) is 0 Å². The molecular weight excluding hydrogens is 335 g/mol. The minimum absolute atomic E-state index is 0.0899. The first kappa shape index (κ1) is 17.2. The fraction of sp³-hybridized carbons (Fsp3) is 0.353. The maximum Gasteiger partial charge on any atom is 0.416 e.